The molecule has 4 aliphatic rings. The number of benzene rings is 1. The van der Waals surface area contributed by atoms with Crippen molar-refractivity contribution in [2.24, 2.45) is 21.5 Å². The van der Waals surface area contributed by atoms with Crippen molar-refractivity contribution in [2.75, 3.05) is 13.1 Å². The van der Waals surface area contributed by atoms with E-state index in [1.807, 2.05) is 13.0 Å². The number of nitrogens with two attached hydrogens (primary N) is 2. The van der Waals surface area contributed by atoms with Gasteiger partial charge in [0, 0.05) is 24.9 Å². The average Bonchev–Trinajstić information content (AvgIpc) is 3.38. The lowest BCUT2D eigenvalue weighted by molar-refractivity contribution is -0.138. The standard InChI is InChI=1S/C21H26N8O4/c1-10-3-2-4-11(7-10)18(33)24-13-9-29-20(23)25-12(8-28-14(30)5-6-15(28)31)16-21(29,17(13)32)27-19(22)26-16/h2-4,7,12-13,16-17,32H,5-6,8-9H2,1H3,(H2,23,25)(H,24,33)(H3,22,26,27)/t12-,13-,16?,17+,21?/m0/s1. The molecule has 12 nitrogen and oxygen atoms in total. The summed E-state index contributed by atoms with van der Waals surface area (Å²) in [6, 6.07) is 5.02. The van der Waals surface area contributed by atoms with E-state index < -0.39 is 29.9 Å². The Labute approximate surface area is 189 Å². The second kappa shape index (κ2) is 7.44. The fraction of sp³-hybridized carbons (Fsp3) is 0.476. The number of guanidine groups is 2. The number of likely N-dealkylation sites (tertiary alicyclic amines) is 1. The molecule has 12 heteroatoms. The van der Waals surface area contributed by atoms with Gasteiger partial charge in [-0.2, -0.15) is 0 Å². The molecule has 1 aromatic rings. The number of aliphatic hydroxyl groups is 1. The number of nitrogens with zero attached hydrogens (tertiary/aromatic N) is 4. The number of nitrogens with one attached hydrogen (secondary N) is 2. The van der Waals surface area contributed by atoms with Gasteiger partial charge < -0.3 is 32.1 Å². The second-order valence-electron chi connectivity index (χ2n) is 8.87. The molecule has 5 atom stereocenters. The molecule has 4 heterocycles. The lowest BCUT2D eigenvalue weighted by Gasteiger charge is -2.46. The molecule has 0 bridgehead atoms. The quantitative estimate of drug-likeness (QED) is 0.312. The SMILES string of the molecule is Cc1cccc(C(=O)N[C@H]2CN3C(N)=N[C@@H](CN4C(=O)CCC4=O)C4N=C(N)NC43[C@@H]2O)c1. The van der Waals surface area contributed by atoms with Crippen molar-refractivity contribution in [2.45, 2.75) is 49.7 Å². The van der Waals surface area contributed by atoms with Crippen LogP contribution in [0.5, 0.6) is 0 Å². The largest absolute Gasteiger partial charge is 0.386 e. The van der Waals surface area contributed by atoms with Crippen molar-refractivity contribution in [1.29, 1.82) is 0 Å². The Balaban J connectivity index is 1.42. The van der Waals surface area contributed by atoms with Crippen molar-refractivity contribution in [3.8, 4) is 0 Å². The van der Waals surface area contributed by atoms with Crippen LogP contribution in [0.3, 0.4) is 0 Å². The Bertz CT molecular complexity index is 1090. The molecule has 1 spiro atoms. The van der Waals surface area contributed by atoms with Gasteiger partial charge in [0.1, 0.15) is 12.1 Å². The van der Waals surface area contributed by atoms with E-state index in [1.165, 1.54) is 0 Å². The maximum absolute atomic E-state index is 12.8. The van der Waals surface area contributed by atoms with Crippen LogP contribution < -0.4 is 22.1 Å². The van der Waals surface area contributed by atoms with E-state index in [1.54, 1.807) is 23.1 Å². The van der Waals surface area contributed by atoms with Gasteiger partial charge >= 0.3 is 0 Å². The number of carbonyl (C=O) groups is 3. The molecule has 0 aromatic heterocycles. The summed E-state index contributed by atoms with van der Waals surface area (Å²) in [6.07, 6.45) is -0.833. The van der Waals surface area contributed by atoms with E-state index in [0.717, 1.165) is 10.5 Å². The van der Waals surface area contributed by atoms with Gasteiger partial charge in [0.05, 0.1) is 18.6 Å². The van der Waals surface area contributed by atoms with Gasteiger partial charge in [-0.05, 0) is 19.1 Å². The Morgan fingerprint density at radius 1 is 1.27 bits per heavy atom. The highest BCUT2D eigenvalue weighted by Crippen LogP contribution is 2.40. The number of hydrogen-bond acceptors (Lipinski definition) is 10. The zero-order chi connectivity index (χ0) is 23.5. The van der Waals surface area contributed by atoms with Gasteiger partial charge in [-0.15, -0.1) is 0 Å². The average molecular weight is 454 g/mol. The molecule has 174 valence electrons. The first kappa shape index (κ1) is 21.2. The number of amides is 3. The second-order valence-corrected chi connectivity index (χ2v) is 8.87. The van der Waals surface area contributed by atoms with Crippen LogP contribution in [-0.2, 0) is 9.59 Å². The minimum absolute atomic E-state index is 0.00980. The first-order valence-electron chi connectivity index (χ1n) is 10.8. The van der Waals surface area contributed by atoms with Crippen molar-refractivity contribution in [3.05, 3.63) is 35.4 Å². The van der Waals surface area contributed by atoms with E-state index in [-0.39, 0.29) is 55.6 Å². The van der Waals surface area contributed by atoms with Crippen LogP contribution in [0.1, 0.15) is 28.8 Å². The lowest BCUT2D eigenvalue weighted by Crippen LogP contribution is -2.73. The van der Waals surface area contributed by atoms with E-state index in [9.17, 15) is 19.5 Å². The molecule has 2 saturated heterocycles. The highest BCUT2D eigenvalue weighted by atomic mass is 16.3. The molecule has 5 rings (SSSR count). The van der Waals surface area contributed by atoms with Crippen LogP contribution in [0.4, 0.5) is 0 Å². The first-order valence-corrected chi connectivity index (χ1v) is 10.8. The molecule has 33 heavy (non-hydrogen) atoms. The third-order valence-electron chi connectivity index (χ3n) is 6.78. The zero-order valence-corrected chi connectivity index (χ0v) is 18.1. The fourth-order valence-corrected chi connectivity index (χ4v) is 5.24. The van der Waals surface area contributed by atoms with Crippen LogP contribution in [-0.4, -0.2) is 87.5 Å². The number of aliphatic hydroxyl groups excluding tert-OH is 1. The molecule has 4 aliphatic heterocycles. The van der Waals surface area contributed by atoms with Crippen molar-refractivity contribution >= 4 is 29.6 Å². The summed E-state index contributed by atoms with van der Waals surface area (Å²) in [5.74, 6) is -0.683. The zero-order valence-electron chi connectivity index (χ0n) is 18.1. The van der Waals surface area contributed by atoms with Crippen LogP contribution in [0.15, 0.2) is 34.3 Å². The number of carbonyl (C=O) groups excluding carboxylic acids is 3. The fourth-order valence-electron chi connectivity index (χ4n) is 5.24. The third-order valence-corrected chi connectivity index (χ3v) is 6.78. The summed E-state index contributed by atoms with van der Waals surface area (Å²) in [4.78, 5) is 48.9. The molecular formula is C21H26N8O4. The van der Waals surface area contributed by atoms with Gasteiger partial charge in [-0.3, -0.25) is 19.3 Å². The number of hydrogen-bond donors (Lipinski definition) is 5. The Morgan fingerprint density at radius 3 is 2.70 bits per heavy atom. The van der Waals surface area contributed by atoms with Gasteiger partial charge in [0.2, 0.25) is 11.8 Å². The summed E-state index contributed by atoms with van der Waals surface area (Å²) in [5.41, 5.74) is 12.4. The van der Waals surface area contributed by atoms with Crippen molar-refractivity contribution in [1.82, 2.24) is 20.4 Å². The van der Waals surface area contributed by atoms with Crippen LogP contribution in [0, 0.1) is 6.92 Å². The molecule has 7 N–H and O–H groups in total. The highest BCUT2D eigenvalue weighted by molar-refractivity contribution is 6.02. The molecule has 0 aliphatic carbocycles. The maximum atomic E-state index is 12.8. The lowest BCUT2D eigenvalue weighted by atomic mass is 9.87. The van der Waals surface area contributed by atoms with E-state index >= 15 is 0 Å². The van der Waals surface area contributed by atoms with E-state index in [2.05, 4.69) is 20.6 Å². The van der Waals surface area contributed by atoms with E-state index in [0.29, 0.717) is 5.56 Å². The van der Waals surface area contributed by atoms with Gasteiger partial charge in [-0.1, -0.05) is 17.7 Å². The molecule has 1 aromatic carbocycles. The minimum atomic E-state index is -1.25. The van der Waals surface area contributed by atoms with Gasteiger partial charge in [0.15, 0.2) is 17.6 Å². The topological polar surface area (TPSA) is 179 Å². The summed E-state index contributed by atoms with van der Waals surface area (Å²) >= 11 is 0. The van der Waals surface area contributed by atoms with Crippen molar-refractivity contribution in [3.63, 3.8) is 0 Å². The normalized spacial score (nSPS) is 32.8. The Kier molecular flexibility index (Phi) is 4.78. The van der Waals surface area contributed by atoms with Gasteiger partial charge in [0.25, 0.3) is 5.91 Å². The van der Waals surface area contributed by atoms with Crippen LogP contribution in [0.2, 0.25) is 0 Å². The number of rotatable bonds is 4. The summed E-state index contributed by atoms with van der Waals surface area (Å²) in [5, 5.41) is 17.3. The molecule has 2 unspecified atom stereocenters. The summed E-state index contributed by atoms with van der Waals surface area (Å²) in [7, 11) is 0. The predicted molar refractivity (Wildman–Crippen MR) is 118 cm³/mol. The molecule has 2 fully saturated rings. The molecule has 0 saturated carbocycles. The molecule has 3 amide bonds. The number of imide groups is 1. The number of aryl methyl sites for hydroxylation is 1. The highest BCUT2D eigenvalue weighted by Gasteiger charge is 2.65. The monoisotopic (exact) mass is 454 g/mol. The predicted octanol–water partition coefficient (Wildman–Crippen LogP) is -2.40. The molecular weight excluding hydrogens is 428 g/mol. The van der Waals surface area contributed by atoms with Crippen LogP contribution >= 0.6 is 0 Å². The van der Waals surface area contributed by atoms with Gasteiger partial charge in [-0.25, -0.2) is 9.98 Å². The first-order chi connectivity index (χ1) is 15.7. The Morgan fingerprint density at radius 2 is 2.00 bits per heavy atom. The van der Waals surface area contributed by atoms with Crippen LogP contribution in [0.25, 0.3) is 0 Å². The third kappa shape index (κ3) is 3.20. The summed E-state index contributed by atoms with van der Waals surface area (Å²) in [6.45, 7) is 2.06. The van der Waals surface area contributed by atoms with Crippen molar-refractivity contribution < 1.29 is 19.5 Å². The molecule has 0 radical (unpaired) electrons. The minimum Gasteiger partial charge on any atom is -0.386 e. The number of aliphatic imine (C=N–C) groups is 2. The summed E-state index contributed by atoms with van der Waals surface area (Å²) < 4.78 is 0. The Hall–Kier alpha value is -3.67. The maximum Gasteiger partial charge on any atom is 0.251 e. The smallest absolute Gasteiger partial charge is 0.251 e. The van der Waals surface area contributed by atoms with E-state index in [4.69, 9.17) is 11.5 Å².